The van der Waals surface area contributed by atoms with Gasteiger partial charge in [0, 0.05) is 12.4 Å². The van der Waals surface area contributed by atoms with E-state index in [2.05, 4.69) is 9.72 Å². The molecule has 0 amide bonds. The molecule has 17 heavy (non-hydrogen) atoms. The van der Waals surface area contributed by atoms with Crippen molar-refractivity contribution >= 4 is 11.9 Å². The highest BCUT2D eigenvalue weighted by Crippen LogP contribution is 2.17. The van der Waals surface area contributed by atoms with Crippen LogP contribution in [0.5, 0.6) is 0 Å². The van der Waals surface area contributed by atoms with E-state index in [1.54, 1.807) is 20.8 Å². The van der Waals surface area contributed by atoms with E-state index < -0.39 is 17.4 Å². The number of nitrogens with zero attached hydrogens (tertiary/aromatic N) is 2. The first kappa shape index (κ1) is 12.8. The third-order valence-electron chi connectivity index (χ3n) is 1.96. The topological polar surface area (TPSA) is 80.1 Å². The smallest absolute Gasteiger partial charge is 0.347 e. The van der Waals surface area contributed by atoms with Crippen molar-refractivity contribution in [3.63, 3.8) is 0 Å². The number of carbonyl (C=O) groups is 2. The van der Waals surface area contributed by atoms with Crippen molar-refractivity contribution in [2.24, 2.45) is 5.41 Å². The van der Waals surface area contributed by atoms with Crippen LogP contribution in [0.15, 0.2) is 18.5 Å². The maximum absolute atomic E-state index is 11.7. The molecule has 5 heteroatoms. The van der Waals surface area contributed by atoms with Crippen molar-refractivity contribution in [1.82, 2.24) is 4.98 Å². The number of rotatable bonds is 1. The summed E-state index contributed by atoms with van der Waals surface area (Å²) in [4.78, 5) is 26.9. The number of carbonyl (C=O) groups excluding carboxylic acids is 2. The van der Waals surface area contributed by atoms with Crippen LogP contribution in [-0.2, 0) is 9.53 Å². The highest BCUT2D eigenvalue weighted by molar-refractivity contribution is 5.99. The van der Waals surface area contributed by atoms with Gasteiger partial charge in [0.1, 0.15) is 6.07 Å². The van der Waals surface area contributed by atoms with Crippen molar-refractivity contribution in [3.8, 4) is 6.07 Å². The normalized spacial score (nSPS) is 10.5. The molecule has 0 fully saturated rings. The van der Waals surface area contributed by atoms with Crippen LogP contribution in [0.25, 0.3) is 0 Å². The molecule has 0 atom stereocenters. The molecule has 1 aromatic heterocycles. The summed E-state index contributed by atoms with van der Waals surface area (Å²) in [6.07, 6.45) is 2.61. The van der Waals surface area contributed by atoms with E-state index in [1.165, 1.54) is 18.5 Å². The minimum atomic E-state index is -0.830. The number of aromatic nitrogens is 1. The molecule has 0 unspecified atom stereocenters. The van der Waals surface area contributed by atoms with Crippen LogP contribution in [0.1, 0.15) is 36.7 Å². The van der Waals surface area contributed by atoms with Gasteiger partial charge in [0.25, 0.3) is 0 Å². The standard InChI is InChI=1S/C12H12N2O3/c1-12(2,3)11(16)17-10(15)9-4-5-14-7-8(9)6-13/h4-5,7H,1-3H3. The molecule has 1 aromatic rings. The Morgan fingerprint density at radius 1 is 1.41 bits per heavy atom. The third kappa shape index (κ3) is 3.11. The van der Waals surface area contributed by atoms with Crippen LogP contribution in [0.2, 0.25) is 0 Å². The molecule has 0 spiro atoms. The molecule has 0 saturated carbocycles. The van der Waals surface area contributed by atoms with Gasteiger partial charge in [-0.25, -0.2) is 4.79 Å². The molecule has 0 aliphatic heterocycles. The molecule has 5 nitrogen and oxygen atoms in total. The zero-order valence-electron chi connectivity index (χ0n) is 9.85. The van der Waals surface area contributed by atoms with Gasteiger partial charge in [0.2, 0.25) is 0 Å². The fourth-order valence-electron chi connectivity index (χ4n) is 0.954. The molecule has 0 N–H and O–H groups in total. The van der Waals surface area contributed by atoms with E-state index in [0.29, 0.717) is 0 Å². The van der Waals surface area contributed by atoms with Gasteiger partial charge in [-0.3, -0.25) is 9.78 Å². The van der Waals surface area contributed by atoms with Gasteiger partial charge >= 0.3 is 11.9 Å². The van der Waals surface area contributed by atoms with E-state index in [-0.39, 0.29) is 11.1 Å². The lowest BCUT2D eigenvalue weighted by atomic mass is 9.97. The van der Waals surface area contributed by atoms with E-state index in [9.17, 15) is 9.59 Å². The van der Waals surface area contributed by atoms with Crippen LogP contribution < -0.4 is 0 Å². The molecule has 1 heterocycles. The number of hydrogen-bond donors (Lipinski definition) is 0. The Hall–Kier alpha value is -2.22. The molecule has 0 radical (unpaired) electrons. The van der Waals surface area contributed by atoms with Crippen molar-refractivity contribution in [2.75, 3.05) is 0 Å². The second-order valence-electron chi connectivity index (χ2n) is 4.46. The van der Waals surface area contributed by atoms with Crippen molar-refractivity contribution in [2.45, 2.75) is 20.8 Å². The number of pyridine rings is 1. The van der Waals surface area contributed by atoms with Crippen LogP contribution in [0.4, 0.5) is 0 Å². The average Bonchev–Trinajstić information content (AvgIpc) is 2.27. The summed E-state index contributed by atoms with van der Waals surface area (Å²) in [5.74, 6) is -1.47. The molecule has 0 bridgehead atoms. The van der Waals surface area contributed by atoms with Crippen LogP contribution in [-0.4, -0.2) is 16.9 Å². The summed E-state index contributed by atoms with van der Waals surface area (Å²) < 4.78 is 4.69. The first-order chi connectivity index (χ1) is 7.86. The van der Waals surface area contributed by atoms with Gasteiger partial charge < -0.3 is 4.74 Å². The van der Waals surface area contributed by atoms with Gasteiger partial charge in [0.05, 0.1) is 16.5 Å². The summed E-state index contributed by atoms with van der Waals surface area (Å²) in [7, 11) is 0. The molecule has 0 aliphatic rings. The molecule has 0 aliphatic carbocycles. The second-order valence-corrected chi connectivity index (χ2v) is 4.46. The van der Waals surface area contributed by atoms with E-state index >= 15 is 0 Å². The highest BCUT2D eigenvalue weighted by atomic mass is 16.6. The van der Waals surface area contributed by atoms with E-state index in [1.807, 2.05) is 6.07 Å². The molecule has 0 saturated heterocycles. The van der Waals surface area contributed by atoms with E-state index in [4.69, 9.17) is 5.26 Å². The lowest BCUT2D eigenvalue weighted by molar-refractivity contribution is -0.146. The van der Waals surface area contributed by atoms with E-state index in [0.717, 1.165) is 0 Å². The third-order valence-corrected chi connectivity index (χ3v) is 1.96. The molecular formula is C12H12N2O3. The summed E-state index contributed by atoms with van der Waals surface area (Å²) in [6, 6.07) is 3.16. The monoisotopic (exact) mass is 232 g/mol. The maximum Gasteiger partial charge on any atom is 0.347 e. The Morgan fingerprint density at radius 2 is 2.06 bits per heavy atom. The number of hydrogen-bond acceptors (Lipinski definition) is 5. The fraction of sp³-hybridized carbons (Fsp3) is 0.333. The minimum absolute atomic E-state index is 0.0418. The predicted octanol–water partition coefficient (Wildman–Crippen LogP) is 1.68. The Balaban J connectivity index is 2.93. The van der Waals surface area contributed by atoms with Gasteiger partial charge in [-0.2, -0.15) is 5.26 Å². The summed E-state index contributed by atoms with van der Waals surface area (Å²) in [6.45, 7) is 4.92. The highest BCUT2D eigenvalue weighted by Gasteiger charge is 2.27. The lowest BCUT2D eigenvalue weighted by Gasteiger charge is -2.15. The van der Waals surface area contributed by atoms with Crippen LogP contribution in [0, 0.1) is 16.7 Å². The lowest BCUT2D eigenvalue weighted by Crippen LogP contribution is -2.26. The Kier molecular flexibility index (Phi) is 3.59. The molecule has 88 valence electrons. The largest absolute Gasteiger partial charge is 0.389 e. The Bertz CT molecular complexity index is 495. The van der Waals surface area contributed by atoms with Crippen molar-refractivity contribution in [1.29, 1.82) is 5.26 Å². The van der Waals surface area contributed by atoms with Gasteiger partial charge in [0.15, 0.2) is 0 Å². The SMILES string of the molecule is CC(C)(C)C(=O)OC(=O)c1ccncc1C#N. The Labute approximate surface area is 99.0 Å². The molecular weight excluding hydrogens is 220 g/mol. The first-order valence-corrected chi connectivity index (χ1v) is 4.97. The minimum Gasteiger partial charge on any atom is -0.389 e. The zero-order valence-corrected chi connectivity index (χ0v) is 9.85. The van der Waals surface area contributed by atoms with Crippen molar-refractivity contribution < 1.29 is 14.3 Å². The maximum atomic E-state index is 11.7. The van der Waals surface area contributed by atoms with Gasteiger partial charge in [-0.15, -0.1) is 0 Å². The second kappa shape index (κ2) is 4.74. The fourth-order valence-corrected chi connectivity index (χ4v) is 0.954. The number of nitriles is 1. The number of esters is 2. The summed E-state index contributed by atoms with van der Waals surface area (Å²) in [5, 5.41) is 8.78. The summed E-state index contributed by atoms with van der Waals surface area (Å²) in [5.41, 5.74) is -0.644. The molecule has 0 aromatic carbocycles. The van der Waals surface area contributed by atoms with Crippen LogP contribution in [0.3, 0.4) is 0 Å². The van der Waals surface area contributed by atoms with Gasteiger partial charge in [-0.05, 0) is 26.8 Å². The Morgan fingerprint density at radius 3 is 2.59 bits per heavy atom. The van der Waals surface area contributed by atoms with Crippen molar-refractivity contribution in [3.05, 3.63) is 29.6 Å². The zero-order chi connectivity index (χ0) is 13.1. The number of ether oxygens (including phenoxy) is 1. The van der Waals surface area contributed by atoms with Crippen LogP contribution >= 0.6 is 0 Å². The predicted molar refractivity (Wildman–Crippen MR) is 58.8 cm³/mol. The molecule has 1 rings (SSSR count). The summed E-state index contributed by atoms with van der Waals surface area (Å²) >= 11 is 0. The first-order valence-electron chi connectivity index (χ1n) is 4.97. The average molecular weight is 232 g/mol. The quantitative estimate of drug-likeness (QED) is 0.543. The van der Waals surface area contributed by atoms with Gasteiger partial charge in [-0.1, -0.05) is 0 Å².